The fourth-order valence-electron chi connectivity index (χ4n) is 3.02. The van der Waals surface area contributed by atoms with Gasteiger partial charge in [-0.05, 0) is 30.2 Å². The Morgan fingerprint density at radius 3 is 2.19 bits per heavy atom. The SMILES string of the molecule is COc1cc(OC)cc(C(=O)NC(C(=O)Nc2ccn(-c3ccccc3)n2)C(C)C)c1. The molecule has 8 heteroatoms. The van der Waals surface area contributed by atoms with Crippen molar-refractivity contribution in [2.24, 2.45) is 5.92 Å². The van der Waals surface area contributed by atoms with Crippen LogP contribution in [0.2, 0.25) is 0 Å². The number of anilines is 1. The molecule has 31 heavy (non-hydrogen) atoms. The number of nitrogens with zero attached hydrogens (tertiary/aromatic N) is 2. The number of amides is 2. The van der Waals surface area contributed by atoms with Crippen molar-refractivity contribution in [2.75, 3.05) is 19.5 Å². The van der Waals surface area contributed by atoms with Gasteiger partial charge in [-0.1, -0.05) is 32.0 Å². The standard InChI is InChI=1S/C23H26N4O4/c1-15(2)21(25-22(28)16-12-18(30-3)14-19(13-16)31-4)23(29)24-20-10-11-27(26-20)17-8-6-5-7-9-17/h5-15,21H,1-4H3,(H,25,28)(H,24,26,29). The summed E-state index contributed by atoms with van der Waals surface area (Å²) in [4.78, 5) is 25.7. The van der Waals surface area contributed by atoms with Crippen LogP contribution >= 0.6 is 0 Å². The highest BCUT2D eigenvalue weighted by molar-refractivity contribution is 6.01. The molecule has 1 aromatic heterocycles. The molecule has 162 valence electrons. The second-order valence-electron chi connectivity index (χ2n) is 7.27. The predicted molar refractivity (Wildman–Crippen MR) is 118 cm³/mol. The van der Waals surface area contributed by atoms with Crippen molar-refractivity contribution in [1.82, 2.24) is 15.1 Å². The van der Waals surface area contributed by atoms with E-state index in [1.807, 2.05) is 44.2 Å². The van der Waals surface area contributed by atoms with E-state index >= 15 is 0 Å². The molecule has 0 spiro atoms. The van der Waals surface area contributed by atoms with Gasteiger partial charge in [0.1, 0.15) is 17.5 Å². The van der Waals surface area contributed by atoms with Gasteiger partial charge in [0.2, 0.25) is 5.91 Å². The molecule has 0 aliphatic rings. The molecule has 0 aliphatic carbocycles. The Labute approximate surface area is 181 Å². The lowest BCUT2D eigenvalue weighted by molar-refractivity contribution is -0.118. The van der Waals surface area contributed by atoms with E-state index in [-0.39, 0.29) is 11.8 Å². The molecular weight excluding hydrogens is 396 g/mol. The summed E-state index contributed by atoms with van der Waals surface area (Å²) in [6, 6.07) is 15.4. The molecule has 1 unspecified atom stereocenters. The van der Waals surface area contributed by atoms with E-state index in [9.17, 15) is 9.59 Å². The summed E-state index contributed by atoms with van der Waals surface area (Å²) in [6.07, 6.45) is 1.76. The highest BCUT2D eigenvalue weighted by atomic mass is 16.5. The highest BCUT2D eigenvalue weighted by Crippen LogP contribution is 2.23. The van der Waals surface area contributed by atoms with E-state index in [2.05, 4.69) is 15.7 Å². The molecule has 1 heterocycles. The maximum Gasteiger partial charge on any atom is 0.252 e. The maximum absolute atomic E-state index is 12.9. The zero-order valence-corrected chi connectivity index (χ0v) is 18.0. The lowest BCUT2D eigenvalue weighted by atomic mass is 10.0. The monoisotopic (exact) mass is 422 g/mol. The molecule has 8 nitrogen and oxygen atoms in total. The van der Waals surface area contributed by atoms with Crippen LogP contribution in [0, 0.1) is 5.92 Å². The van der Waals surface area contributed by atoms with Crippen LogP contribution in [-0.2, 0) is 4.79 Å². The number of hydrogen-bond donors (Lipinski definition) is 2. The van der Waals surface area contributed by atoms with Gasteiger partial charge in [-0.2, -0.15) is 5.10 Å². The molecule has 3 aromatic rings. The number of carbonyl (C=O) groups is 2. The molecule has 2 N–H and O–H groups in total. The number of aromatic nitrogens is 2. The van der Waals surface area contributed by atoms with Crippen molar-refractivity contribution in [3.8, 4) is 17.2 Å². The third-order valence-electron chi connectivity index (χ3n) is 4.71. The predicted octanol–water partition coefficient (Wildman–Crippen LogP) is 3.28. The molecule has 2 aromatic carbocycles. The van der Waals surface area contributed by atoms with E-state index in [4.69, 9.17) is 9.47 Å². The molecule has 0 saturated carbocycles. The summed E-state index contributed by atoms with van der Waals surface area (Å²) in [6.45, 7) is 3.72. The average Bonchev–Trinajstić information content (AvgIpc) is 3.25. The second kappa shape index (κ2) is 9.80. The van der Waals surface area contributed by atoms with Gasteiger partial charge in [-0.25, -0.2) is 4.68 Å². The van der Waals surface area contributed by atoms with Crippen LogP contribution in [0.3, 0.4) is 0 Å². The van der Waals surface area contributed by atoms with Gasteiger partial charge in [-0.15, -0.1) is 0 Å². The molecule has 0 fully saturated rings. The fraction of sp³-hybridized carbons (Fsp3) is 0.261. The number of hydrogen-bond acceptors (Lipinski definition) is 5. The van der Waals surface area contributed by atoms with Gasteiger partial charge in [0.05, 0.1) is 19.9 Å². The van der Waals surface area contributed by atoms with Crippen LogP contribution in [0.1, 0.15) is 24.2 Å². The number of methoxy groups -OCH3 is 2. The molecular formula is C23H26N4O4. The van der Waals surface area contributed by atoms with E-state index in [1.165, 1.54) is 14.2 Å². The van der Waals surface area contributed by atoms with Gasteiger partial charge in [0, 0.05) is 23.9 Å². The van der Waals surface area contributed by atoms with E-state index in [1.54, 1.807) is 35.1 Å². The average molecular weight is 422 g/mol. The minimum atomic E-state index is -0.758. The lowest BCUT2D eigenvalue weighted by Gasteiger charge is -2.21. The Hall–Kier alpha value is -3.81. The van der Waals surface area contributed by atoms with Gasteiger partial charge in [0.25, 0.3) is 5.91 Å². The second-order valence-corrected chi connectivity index (χ2v) is 7.27. The summed E-state index contributed by atoms with van der Waals surface area (Å²) >= 11 is 0. The molecule has 1 atom stereocenters. The lowest BCUT2D eigenvalue weighted by Crippen LogP contribution is -2.47. The third-order valence-corrected chi connectivity index (χ3v) is 4.71. The van der Waals surface area contributed by atoms with Crippen molar-refractivity contribution in [1.29, 1.82) is 0 Å². The van der Waals surface area contributed by atoms with Crippen LogP contribution in [0.25, 0.3) is 5.69 Å². The Morgan fingerprint density at radius 2 is 1.61 bits per heavy atom. The van der Waals surface area contributed by atoms with Crippen LogP contribution < -0.4 is 20.1 Å². The van der Waals surface area contributed by atoms with Crippen molar-refractivity contribution >= 4 is 17.6 Å². The number of ether oxygens (including phenoxy) is 2. The van der Waals surface area contributed by atoms with Crippen LogP contribution in [0.15, 0.2) is 60.8 Å². The number of carbonyl (C=O) groups excluding carboxylic acids is 2. The van der Waals surface area contributed by atoms with E-state index in [0.29, 0.717) is 22.9 Å². The molecule has 3 rings (SSSR count). The first-order valence-electron chi connectivity index (χ1n) is 9.87. The molecule has 2 amide bonds. The van der Waals surface area contributed by atoms with Crippen LogP contribution in [0.5, 0.6) is 11.5 Å². The largest absolute Gasteiger partial charge is 0.497 e. The van der Waals surface area contributed by atoms with Gasteiger partial charge in [-0.3, -0.25) is 9.59 Å². The summed E-state index contributed by atoms with van der Waals surface area (Å²) in [5, 5.41) is 9.96. The quantitative estimate of drug-likeness (QED) is 0.581. The maximum atomic E-state index is 12.9. The summed E-state index contributed by atoms with van der Waals surface area (Å²) in [7, 11) is 3.02. The molecule has 0 bridgehead atoms. The summed E-state index contributed by atoms with van der Waals surface area (Å²) in [5.74, 6) is 0.477. The first kappa shape index (κ1) is 21.9. The zero-order valence-electron chi connectivity index (χ0n) is 18.0. The minimum absolute atomic E-state index is 0.146. The number of rotatable bonds is 8. The molecule has 0 radical (unpaired) electrons. The molecule has 0 saturated heterocycles. The Morgan fingerprint density at radius 1 is 0.968 bits per heavy atom. The fourth-order valence-corrected chi connectivity index (χ4v) is 3.02. The number of para-hydroxylation sites is 1. The van der Waals surface area contributed by atoms with E-state index in [0.717, 1.165) is 5.69 Å². The van der Waals surface area contributed by atoms with Crippen molar-refractivity contribution in [3.63, 3.8) is 0 Å². The summed E-state index contributed by atoms with van der Waals surface area (Å²) < 4.78 is 12.1. The van der Waals surface area contributed by atoms with Gasteiger partial charge >= 0.3 is 0 Å². The molecule has 0 aliphatic heterocycles. The Bertz CT molecular complexity index is 1020. The minimum Gasteiger partial charge on any atom is -0.497 e. The van der Waals surface area contributed by atoms with Crippen molar-refractivity contribution < 1.29 is 19.1 Å². The smallest absolute Gasteiger partial charge is 0.252 e. The highest BCUT2D eigenvalue weighted by Gasteiger charge is 2.26. The third kappa shape index (κ3) is 5.42. The first-order chi connectivity index (χ1) is 14.9. The summed E-state index contributed by atoms with van der Waals surface area (Å²) in [5.41, 5.74) is 1.21. The van der Waals surface area contributed by atoms with Gasteiger partial charge < -0.3 is 20.1 Å². The zero-order chi connectivity index (χ0) is 22.4. The van der Waals surface area contributed by atoms with Crippen molar-refractivity contribution in [2.45, 2.75) is 19.9 Å². The van der Waals surface area contributed by atoms with E-state index < -0.39 is 11.9 Å². The Kier molecular flexibility index (Phi) is 6.92. The topological polar surface area (TPSA) is 94.5 Å². The normalized spacial score (nSPS) is 11.6. The van der Waals surface area contributed by atoms with Crippen molar-refractivity contribution in [3.05, 3.63) is 66.4 Å². The first-order valence-corrected chi connectivity index (χ1v) is 9.87. The van der Waals surface area contributed by atoms with Crippen LogP contribution in [0.4, 0.5) is 5.82 Å². The number of benzene rings is 2. The van der Waals surface area contributed by atoms with Crippen LogP contribution in [-0.4, -0.2) is 41.9 Å². The number of nitrogens with one attached hydrogen (secondary N) is 2. The Balaban J connectivity index is 1.73. The van der Waals surface area contributed by atoms with Gasteiger partial charge in [0.15, 0.2) is 5.82 Å².